The molecule has 1 heterocycles. The lowest BCUT2D eigenvalue weighted by atomic mass is 10.2. The largest absolute Gasteiger partial charge is 0.481 e. The summed E-state index contributed by atoms with van der Waals surface area (Å²) < 4.78 is 4.98. The Morgan fingerprint density at radius 3 is 3.08 bits per heavy atom. The summed E-state index contributed by atoms with van der Waals surface area (Å²) in [5.74, 6) is -0.217. The minimum absolute atomic E-state index is 0.0840. The third-order valence-electron chi connectivity index (χ3n) is 1.39. The quantitative estimate of drug-likeness (QED) is 0.717. The topological polar surface area (TPSA) is 62.5 Å². The molecule has 0 amide bonds. The van der Waals surface area contributed by atoms with Gasteiger partial charge in [-0.15, -0.1) is 0 Å². The number of carboxylic acid groups (broad SMARTS) is 1. The summed E-state index contributed by atoms with van der Waals surface area (Å²) in [6.45, 7) is 1.79. The minimum Gasteiger partial charge on any atom is -0.481 e. The molecule has 0 spiro atoms. The molecule has 0 radical (unpaired) electrons. The second-order valence-corrected chi connectivity index (χ2v) is 2.62. The van der Waals surface area contributed by atoms with Crippen molar-refractivity contribution in [2.75, 3.05) is 5.32 Å². The van der Waals surface area contributed by atoms with Crippen LogP contribution in [-0.2, 0) is 4.79 Å². The Labute approximate surface area is 70.2 Å². The van der Waals surface area contributed by atoms with Crippen molar-refractivity contribution in [1.29, 1.82) is 0 Å². The van der Waals surface area contributed by atoms with E-state index in [1.54, 1.807) is 19.1 Å². The Morgan fingerprint density at radius 1 is 1.83 bits per heavy atom. The monoisotopic (exact) mass is 169 g/mol. The molecule has 0 unspecified atom stereocenters. The maximum absolute atomic E-state index is 10.3. The van der Waals surface area contributed by atoms with Gasteiger partial charge >= 0.3 is 5.97 Å². The first-order valence-electron chi connectivity index (χ1n) is 3.70. The molecule has 0 saturated carbocycles. The van der Waals surface area contributed by atoms with Crippen molar-refractivity contribution in [2.24, 2.45) is 0 Å². The molecule has 0 fully saturated rings. The molecule has 0 saturated heterocycles. The van der Waals surface area contributed by atoms with Crippen molar-refractivity contribution >= 4 is 11.9 Å². The molecule has 1 aromatic heterocycles. The van der Waals surface area contributed by atoms with Crippen molar-refractivity contribution in [3.8, 4) is 0 Å². The first kappa shape index (κ1) is 8.64. The number of carboxylic acids is 1. The summed E-state index contributed by atoms with van der Waals surface area (Å²) in [6.07, 6.45) is 1.62. The molecular formula is C8H11NO3. The van der Waals surface area contributed by atoms with Crippen LogP contribution in [-0.4, -0.2) is 17.1 Å². The highest BCUT2D eigenvalue weighted by molar-refractivity contribution is 5.68. The first-order valence-corrected chi connectivity index (χ1v) is 3.70. The second-order valence-electron chi connectivity index (χ2n) is 2.62. The van der Waals surface area contributed by atoms with Crippen molar-refractivity contribution in [2.45, 2.75) is 19.4 Å². The van der Waals surface area contributed by atoms with E-state index in [-0.39, 0.29) is 12.5 Å². The summed E-state index contributed by atoms with van der Waals surface area (Å²) in [5.41, 5.74) is 0. The Kier molecular flexibility index (Phi) is 2.74. The Hall–Kier alpha value is -1.45. The highest BCUT2D eigenvalue weighted by atomic mass is 16.4. The van der Waals surface area contributed by atoms with E-state index in [4.69, 9.17) is 9.52 Å². The van der Waals surface area contributed by atoms with E-state index < -0.39 is 5.97 Å². The molecular weight excluding hydrogens is 158 g/mol. The van der Waals surface area contributed by atoms with E-state index in [0.29, 0.717) is 5.88 Å². The predicted molar refractivity (Wildman–Crippen MR) is 44.0 cm³/mol. The van der Waals surface area contributed by atoms with Crippen LogP contribution < -0.4 is 5.32 Å². The van der Waals surface area contributed by atoms with Gasteiger partial charge in [0.15, 0.2) is 5.88 Å². The van der Waals surface area contributed by atoms with Gasteiger partial charge in [0.2, 0.25) is 0 Å². The third kappa shape index (κ3) is 2.65. The third-order valence-corrected chi connectivity index (χ3v) is 1.39. The van der Waals surface area contributed by atoms with Crippen molar-refractivity contribution in [3.05, 3.63) is 18.4 Å². The van der Waals surface area contributed by atoms with E-state index in [2.05, 4.69) is 5.32 Å². The zero-order chi connectivity index (χ0) is 8.97. The van der Waals surface area contributed by atoms with Crippen LogP contribution >= 0.6 is 0 Å². The smallest absolute Gasteiger partial charge is 0.305 e. The van der Waals surface area contributed by atoms with E-state index in [9.17, 15) is 4.79 Å². The lowest BCUT2D eigenvalue weighted by molar-refractivity contribution is -0.137. The zero-order valence-electron chi connectivity index (χ0n) is 6.78. The number of anilines is 1. The molecule has 2 N–H and O–H groups in total. The van der Waals surface area contributed by atoms with Gasteiger partial charge in [-0.25, -0.2) is 0 Å². The van der Waals surface area contributed by atoms with E-state index in [0.717, 1.165) is 0 Å². The van der Waals surface area contributed by atoms with Crippen LogP contribution in [0.25, 0.3) is 0 Å². The number of rotatable bonds is 4. The molecule has 1 atom stereocenters. The molecule has 1 rings (SSSR count). The normalized spacial score (nSPS) is 12.4. The van der Waals surface area contributed by atoms with Gasteiger partial charge < -0.3 is 14.8 Å². The van der Waals surface area contributed by atoms with Gasteiger partial charge in [0.1, 0.15) is 0 Å². The lowest BCUT2D eigenvalue weighted by Gasteiger charge is -2.09. The van der Waals surface area contributed by atoms with Gasteiger partial charge in [0, 0.05) is 12.1 Å². The highest BCUT2D eigenvalue weighted by Gasteiger charge is 2.07. The van der Waals surface area contributed by atoms with Gasteiger partial charge in [-0.1, -0.05) is 0 Å². The van der Waals surface area contributed by atoms with Crippen LogP contribution in [0.5, 0.6) is 0 Å². The molecule has 4 heteroatoms. The molecule has 0 aliphatic rings. The van der Waals surface area contributed by atoms with Crippen LogP contribution in [0, 0.1) is 0 Å². The summed E-state index contributed by atoms with van der Waals surface area (Å²) in [6, 6.07) is 3.38. The summed E-state index contributed by atoms with van der Waals surface area (Å²) in [4.78, 5) is 10.3. The SMILES string of the molecule is C[C@@H](CC(=O)O)Nc1ccco1. The van der Waals surface area contributed by atoms with Gasteiger partial charge in [0.05, 0.1) is 12.7 Å². The average molecular weight is 169 g/mol. The number of nitrogens with one attached hydrogen (secondary N) is 1. The van der Waals surface area contributed by atoms with Crippen molar-refractivity contribution in [1.82, 2.24) is 0 Å². The number of aliphatic carboxylic acids is 1. The Balaban J connectivity index is 2.36. The van der Waals surface area contributed by atoms with Crippen molar-refractivity contribution < 1.29 is 14.3 Å². The van der Waals surface area contributed by atoms with E-state index in [1.807, 2.05) is 0 Å². The minimum atomic E-state index is -0.818. The zero-order valence-corrected chi connectivity index (χ0v) is 6.78. The summed E-state index contributed by atoms with van der Waals surface area (Å²) in [5, 5.41) is 11.3. The van der Waals surface area contributed by atoms with Crippen LogP contribution in [0.3, 0.4) is 0 Å². The number of hydrogen-bond acceptors (Lipinski definition) is 3. The van der Waals surface area contributed by atoms with Gasteiger partial charge in [-0.3, -0.25) is 4.79 Å². The molecule has 0 aromatic carbocycles. The highest BCUT2D eigenvalue weighted by Crippen LogP contribution is 2.09. The number of hydrogen-bond donors (Lipinski definition) is 2. The molecule has 66 valence electrons. The fourth-order valence-corrected chi connectivity index (χ4v) is 0.916. The lowest BCUT2D eigenvalue weighted by Crippen LogP contribution is -2.18. The maximum atomic E-state index is 10.3. The first-order chi connectivity index (χ1) is 5.68. The van der Waals surface area contributed by atoms with Crippen LogP contribution in [0.4, 0.5) is 5.88 Å². The number of carbonyl (C=O) groups is 1. The molecule has 0 aliphatic carbocycles. The molecule has 0 bridgehead atoms. The van der Waals surface area contributed by atoms with E-state index in [1.165, 1.54) is 6.26 Å². The van der Waals surface area contributed by atoms with Crippen LogP contribution in [0.1, 0.15) is 13.3 Å². The van der Waals surface area contributed by atoms with Gasteiger partial charge in [-0.05, 0) is 13.0 Å². The second kappa shape index (κ2) is 3.80. The molecule has 4 nitrogen and oxygen atoms in total. The van der Waals surface area contributed by atoms with Crippen LogP contribution in [0.15, 0.2) is 22.8 Å². The Bertz CT molecular complexity index is 243. The van der Waals surface area contributed by atoms with Gasteiger partial charge in [-0.2, -0.15) is 0 Å². The van der Waals surface area contributed by atoms with Crippen molar-refractivity contribution in [3.63, 3.8) is 0 Å². The molecule has 12 heavy (non-hydrogen) atoms. The standard InChI is InChI=1S/C8H11NO3/c1-6(5-8(10)11)9-7-3-2-4-12-7/h2-4,6,9H,5H2,1H3,(H,10,11)/t6-/m0/s1. The molecule has 1 aromatic rings. The average Bonchev–Trinajstić information content (AvgIpc) is 2.37. The number of furan rings is 1. The summed E-state index contributed by atoms with van der Waals surface area (Å²) in [7, 11) is 0. The van der Waals surface area contributed by atoms with Gasteiger partial charge in [0.25, 0.3) is 0 Å². The predicted octanol–water partition coefficient (Wildman–Crippen LogP) is 1.55. The maximum Gasteiger partial charge on any atom is 0.305 e. The molecule has 0 aliphatic heterocycles. The Morgan fingerprint density at radius 2 is 2.58 bits per heavy atom. The van der Waals surface area contributed by atoms with E-state index >= 15 is 0 Å². The summed E-state index contributed by atoms with van der Waals surface area (Å²) >= 11 is 0. The fourth-order valence-electron chi connectivity index (χ4n) is 0.916. The fraction of sp³-hybridized carbons (Fsp3) is 0.375. The van der Waals surface area contributed by atoms with Crippen LogP contribution in [0.2, 0.25) is 0 Å².